The van der Waals surface area contributed by atoms with Gasteiger partial charge in [-0.3, -0.25) is 19.5 Å². The molecule has 13 nitrogen and oxygen atoms in total. The summed E-state index contributed by atoms with van der Waals surface area (Å²) in [6.07, 6.45) is 8.13. The molecule has 3 saturated heterocycles. The first-order valence-corrected chi connectivity index (χ1v) is 27.0. The maximum absolute atomic E-state index is 12.6. The molecule has 402 valence electrons. The minimum atomic E-state index is -0.210. The van der Waals surface area contributed by atoms with Crippen LogP contribution in [0.25, 0.3) is 0 Å². The molecule has 0 radical (unpaired) electrons. The second-order valence-electron chi connectivity index (χ2n) is 22.2. The Morgan fingerprint density at radius 2 is 0.806 bits per heavy atom. The Labute approximate surface area is 432 Å². The van der Waals surface area contributed by atoms with Crippen LogP contribution >= 0.6 is 0 Å². The first kappa shape index (κ1) is 57.2. The first-order valence-electron chi connectivity index (χ1n) is 27.0. The molecule has 6 heterocycles. The number of fused-ring (bicyclic) bond motifs is 9. The van der Waals surface area contributed by atoms with E-state index in [4.69, 9.17) is 33.5 Å². The highest BCUT2D eigenvalue weighted by Gasteiger charge is 2.41. The van der Waals surface area contributed by atoms with Crippen molar-refractivity contribution in [1.29, 1.82) is 0 Å². The Balaban J connectivity index is 0.000000172. The topological polar surface area (TPSA) is 143 Å². The third kappa shape index (κ3) is 13.6. The van der Waals surface area contributed by atoms with E-state index in [2.05, 4.69) is 92.6 Å². The van der Waals surface area contributed by atoms with Gasteiger partial charge in [0.15, 0.2) is 34.5 Å². The predicted octanol–water partition coefficient (Wildman–Crippen LogP) is 9.30. The summed E-state index contributed by atoms with van der Waals surface area (Å²) in [5.74, 6) is 7.95. The lowest BCUT2D eigenvalue weighted by Gasteiger charge is -2.46. The monoisotopic (exact) mass is 1000 g/mol. The fourth-order valence-electron chi connectivity index (χ4n) is 12.6. The third-order valence-corrected chi connectivity index (χ3v) is 15.9. The van der Waals surface area contributed by atoms with Gasteiger partial charge in [-0.2, -0.15) is 0 Å². The number of benzene rings is 3. The van der Waals surface area contributed by atoms with Crippen molar-refractivity contribution in [3.8, 4) is 34.5 Å². The first-order chi connectivity index (χ1) is 34.5. The number of hydrogen-bond donors (Lipinski definition) is 3. The van der Waals surface area contributed by atoms with Crippen LogP contribution in [0.4, 0.5) is 0 Å². The van der Waals surface area contributed by atoms with E-state index in [1.54, 1.807) is 49.6 Å². The van der Waals surface area contributed by atoms with Crippen molar-refractivity contribution >= 4 is 5.78 Å². The molecule has 0 amide bonds. The van der Waals surface area contributed by atoms with Gasteiger partial charge in [0.2, 0.25) is 0 Å². The fourth-order valence-corrected chi connectivity index (χ4v) is 12.6. The highest BCUT2D eigenvalue weighted by Crippen LogP contribution is 2.46. The smallest absolute Gasteiger partial charge is 0.161 e. The van der Waals surface area contributed by atoms with Crippen LogP contribution in [0, 0.1) is 35.5 Å². The van der Waals surface area contributed by atoms with Crippen molar-refractivity contribution in [3.05, 3.63) is 69.8 Å². The van der Waals surface area contributed by atoms with E-state index in [0.717, 1.165) is 125 Å². The lowest BCUT2D eigenvalue weighted by atomic mass is 9.79. The molecule has 3 N–H and O–H groups in total. The molecule has 0 saturated carbocycles. The molecule has 0 bridgehead atoms. The molecule has 9 rings (SSSR count). The Morgan fingerprint density at radius 3 is 1.12 bits per heavy atom. The van der Waals surface area contributed by atoms with Gasteiger partial charge >= 0.3 is 0 Å². The molecule has 0 spiro atoms. The summed E-state index contributed by atoms with van der Waals surface area (Å²) in [6, 6.07) is 13.4. The molecule has 0 aromatic heterocycles. The number of methoxy groups -OCH3 is 6. The van der Waals surface area contributed by atoms with Crippen molar-refractivity contribution in [3.63, 3.8) is 0 Å². The minimum Gasteiger partial charge on any atom is -0.493 e. The number of ketones is 1. The van der Waals surface area contributed by atoms with Crippen molar-refractivity contribution in [2.45, 2.75) is 137 Å². The Morgan fingerprint density at radius 1 is 0.500 bits per heavy atom. The predicted molar refractivity (Wildman–Crippen MR) is 285 cm³/mol. The summed E-state index contributed by atoms with van der Waals surface area (Å²) in [5, 5.41) is 28.8. The van der Waals surface area contributed by atoms with Gasteiger partial charge < -0.3 is 43.7 Å². The summed E-state index contributed by atoms with van der Waals surface area (Å²) in [5.41, 5.74) is 7.80. The molecule has 0 aliphatic carbocycles. The van der Waals surface area contributed by atoms with Crippen LogP contribution in [0.15, 0.2) is 36.4 Å². The van der Waals surface area contributed by atoms with Crippen LogP contribution < -0.4 is 28.4 Å². The van der Waals surface area contributed by atoms with Gasteiger partial charge in [-0.15, -0.1) is 0 Å². The van der Waals surface area contributed by atoms with E-state index in [9.17, 15) is 15.0 Å². The van der Waals surface area contributed by atoms with Crippen LogP contribution in [-0.4, -0.2) is 137 Å². The summed E-state index contributed by atoms with van der Waals surface area (Å²) in [6.45, 7) is 21.3. The maximum Gasteiger partial charge on any atom is 0.161 e. The number of Topliss-reactive ketones (excluding diaryl/α,β-unsaturated/α-hetero) is 1. The minimum absolute atomic E-state index is 0.202. The number of hydrogen-bond acceptors (Lipinski definition) is 13. The van der Waals surface area contributed by atoms with Gasteiger partial charge in [0, 0.05) is 76.3 Å². The SMILES string of the molecule is CCO.COc1cc2c(cc1OC)C1CC(=O)C(CC(C)C)CN1CC2.COc1cc2c(cc1OC)[C@@H]1C[C@@H](O)[C@@H](CC(C)C)CN1CC2.COc1cc2c(cc1OC)[C@H]1C[C@H](O)[C@H](CC(C)C)CN1CC2. The highest BCUT2D eigenvalue weighted by atomic mass is 16.5. The summed E-state index contributed by atoms with van der Waals surface area (Å²) in [4.78, 5) is 20.2. The third-order valence-electron chi connectivity index (χ3n) is 15.9. The van der Waals surface area contributed by atoms with Gasteiger partial charge in [0.25, 0.3) is 0 Å². The summed E-state index contributed by atoms with van der Waals surface area (Å²) >= 11 is 0. The molecular weight excluding hydrogens is 911 g/mol. The van der Waals surface area contributed by atoms with Crippen LogP contribution in [0.1, 0.15) is 138 Å². The van der Waals surface area contributed by atoms with Crippen molar-refractivity contribution in [2.24, 2.45) is 35.5 Å². The van der Waals surface area contributed by atoms with E-state index < -0.39 is 0 Å². The zero-order valence-corrected chi connectivity index (χ0v) is 46.2. The standard InChI is InChI=1S/2C19H29NO3.C19H27NO3.C2H6O/c3*1-12(2)7-14-11-20-6-5-13-8-18(22-3)19(23-4)9-15(13)16(20)10-17(14)21;1-2-3/h2*8-9,12,14,16-17,21H,5-7,10-11H2,1-4H3;8-9,12,14,16H,5-7,10-11H2,1-4H3;3H,2H2,1H3/t2*14-,16-,17+;;/m10../s1. The Hall–Kier alpha value is -4.11. The molecule has 3 fully saturated rings. The molecule has 8 atom stereocenters. The van der Waals surface area contributed by atoms with Gasteiger partial charge in [-0.25, -0.2) is 0 Å². The largest absolute Gasteiger partial charge is 0.493 e. The normalized spacial score (nSPS) is 25.6. The van der Waals surface area contributed by atoms with Crippen LogP contribution in [0.3, 0.4) is 0 Å². The van der Waals surface area contributed by atoms with E-state index in [1.165, 1.54) is 33.4 Å². The molecule has 2 unspecified atom stereocenters. The molecular formula is C59H91N3O10. The lowest BCUT2D eigenvalue weighted by molar-refractivity contribution is -0.129. The maximum atomic E-state index is 12.6. The number of aliphatic hydroxyl groups is 3. The van der Waals surface area contributed by atoms with E-state index in [0.29, 0.717) is 53.9 Å². The Bertz CT molecular complexity index is 2120. The van der Waals surface area contributed by atoms with Crippen LogP contribution in [0.2, 0.25) is 0 Å². The fraction of sp³-hybridized carbons (Fsp3) is 0.678. The quantitative estimate of drug-likeness (QED) is 0.159. The molecule has 72 heavy (non-hydrogen) atoms. The highest BCUT2D eigenvalue weighted by molar-refractivity contribution is 5.83. The zero-order valence-electron chi connectivity index (χ0n) is 46.2. The van der Waals surface area contributed by atoms with E-state index in [-0.39, 0.29) is 30.8 Å². The van der Waals surface area contributed by atoms with Gasteiger partial charge in [-0.1, -0.05) is 41.5 Å². The number of rotatable bonds is 12. The molecule has 13 heteroatoms. The summed E-state index contributed by atoms with van der Waals surface area (Å²) < 4.78 is 32.7. The van der Waals surface area contributed by atoms with Crippen molar-refractivity contribution in [1.82, 2.24) is 14.7 Å². The Kier molecular flexibility index (Phi) is 21.0. The summed E-state index contributed by atoms with van der Waals surface area (Å²) in [7, 11) is 10.1. The average molecular weight is 1000 g/mol. The van der Waals surface area contributed by atoms with Gasteiger partial charge in [-0.05, 0) is 158 Å². The number of carbonyl (C=O) groups excluding carboxylic acids is 1. The van der Waals surface area contributed by atoms with Crippen LogP contribution in [-0.2, 0) is 24.1 Å². The van der Waals surface area contributed by atoms with Crippen molar-refractivity contribution < 1.29 is 48.5 Å². The van der Waals surface area contributed by atoms with Gasteiger partial charge in [0.1, 0.15) is 5.78 Å². The van der Waals surface area contributed by atoms with E-state index >= 15 is 0 Å². The number of nitrogens with zero attached hydrogens (tertiary/aromatic N) is 3. The van der Waals surface area contributed by atoms with E-state index in [1.807, 2.05) is 0 Å². The zero-order chi connectivity index (χ0) is 52.4. The lowest BCUT2D eigenvalue weighted by Crippen LogP contribution is -2.48. The molecule has 6 aliphatic rings. The molecule has 6 aliphatic heterocycles. The van der Waals surface area contributed by atoms with Gasteiger partial charge in [0.05, 0.1) is 54.9 Å². The van der Waals surface area contributed by atoms with Crippen LogP contribution in [0.5, 0.6) is 34.5 Å². The number of aliphatic hydroxyl groups excluding tert-OH is 3. The molecule has 3 aromatic carbocycles. The number of carbonyl (C=O) groups is 1. The molecule has 3 aromatic rings. The number of piperidine rings is 3. The number of ether oxygens (including phenoxy) is 6. The second-order valence-corrected chi connectivity index (χ2v) is 22.2. The second kappa shape index (κ2) is 26.4. The average Bonchev–Trinajstić information content (AvgIpc) is 3.36. The van der Waals surface area contributed by atoms with Crippen molar-refractivity contribution in [2.75, 3.05) is 88.5 Å².